The number of nitrogens with zero attached hydrogens (tertiary/aromatic N) is 1. The fourth-order valence-corrected chi connectivity index (χ4v) is 10.6. The van der Waals surface area contributed by atoms with Crippen molar-refractivity contribution in [2.75, 3.05) is 7.11 Å². The molecule has 1 unspecified atom stereocenters. The summed E-state index contributed by atoms with van der Waals surface area (Å²) in [6.45, 7) is 16.0. The molecule has 3 rings (SSSR count). The van der Waals surface area contributed by atoms with Crippen LogP contribution in [0.3, 0.4) is 0 Å². The summed E-state index contributed by atoms with van der Waals surface area (Å²) in [5, 5.41) is 0.965. The van der Waals surface area contributed by atoms with Crippen molar-refractivity contribution >= 4 is 25.2 Å². The Morgan fingerprint density at radius 2 is 1.72 bits per heavy atom. The molecule has 0 bridgehead atoms. The van der Waals surface area contributed by atoms with Gasteiger partial charge in [0, 0.05) is 10.9 Å². The second-order valence-corrected chi connectivity index (χ2v) is 14.3. The summed E-state index contributed by atoms with van der Waals surface area (Å²) >= 11 is 0. The Hall–Kier alpha value is -1.92. The van der Waals surface area contributed by atoms with E-state index in [2.05, 4.69) is 46.5 Å². The highest BCUT2D eigenvalue weighted by Gasteiger charge is 2.45. The van der Waals surface area contributed by atoms with Gasteiger partial charge in [-0.2, -0.15) is 0 Å². The lowest BCUT2D eigenvalue weighted by Gasteiger charge is -2.42. The molecule has 5 nitrogen and oxygen atoms in total. The molecule has 6 heteroatoms. The normalized spacial score (nSPS) is 16.8. The quantitative estimate of drug-likeness (QED) is 0.400. The Kier molecular flexibility index (Phi) is 6.06. The minimum Gasteiger partial charge on any atom is -0.497 e. The number of rotatable bonds is 7. The van der Waals surface area contributed by atoms with Crippen molar-refractivity contribution in [2.24, 2.45) is 0 Å². The highest BCUT2D eigenvalue weighted by atomic mass is 28.4. The topological polar surface area (TPSA) is 57.6 Å². The maximum atomic E-state index is 12.4. The van der Waals surface area contributed by atoms with Crippen LogP contribution >= 0.6 is 0 Å². The monoisotopic (exact) mass is 415 g/mol. The molecule has 1 aliphatic rings. The van der Waals surface area contributed by atoms with E-state index in [1.165, 1.54) is 0 Å². The van der Waals surface area contributed by atoms with Crippen LogP contribution in [0.5, 0.6) is 5.75 Å². The number of pyridine rings is 1. The molecule has 1 aliphatic heterocycles. The third-order valence-corrected chi connectivity index (χ3v) is 12.5. The van der Waals surface area contributed by atoms with Gasteiger partial charge in [0.15, 0.2) is 5.69 Å². The predicted octanol–water partition coefficient (Wildman–Crippen LogP) is 6.17. The summed E-state index contributed by atoms with van der Waals surface area (Å²) in [7, 11) is -0.414. The fourth-order valence-electron chi connectivity index (χ4n) is 5.17. The van der Waals surface area contributed by atoms with E-state index in [-0.39, 0.29) is 12.1 Å². The fraction of sp³-hybridized carbons (Fsp3) is 0.565. The van der Waals surface area contributed by atoms with E-state index in [1.54, 1.807) is 7.11 Å². The maximum Gasteiger partial charge on any atom is 0.357 e. The Morgan fingerprint density at radius 3 is 2.28 bits per heavy atom. The molecule has 29 heavy (non-hydrogen) atoms. The van der Waals surface area contributed by atoms with Crippen LogP contribution in [0.1, 0.15) is 76.2 Å². The summed E-state index contributed by atoms with van der Waals surface area (Å²) in [6, 6.07) is 5.75. The molecule has 1 aromatic carbocycles. The van der Waals surface area contributed by atoms with Gasteiger partial charge in [0.2, 0.25) is 8.32 Å². The highest BCUT2D eigenvalue weighted by molar-refractivity contribution is 6.77. The van der Waals surface area contributed by atoms with Gasteiger partial charge >= 0.3 is 5.97 Å². The Bertz CT molecular complexity index is 901. The number of ether oxygens (including phenoxy) is 2. The van der Waals surface area contributed by atoms with E-state index >= 15 is 0 Å². The molecule has 2 aromatic rings. The summed E-state index contributed by atoms with van der Waals surface area (Å²) in [4.78, 5) is 17.0. The van der Waals surface area contributed by atoms with Crippen molar-refractivity contribution in [3.8, 4) is 5.75 Å². The van der Waals surface area contributed by atoms with Crippen LogP contribution in [0.15, 0.2) is 18.2 Å². The number of cyclic esters (lactones) is 1. The van der Waals surface area contributed by atoms with Gasteiger partial charge in [-0.05, 0) is 47.3 Å². The molecule has 0 N–H and O–H groups in total. The van der Waals surface area contributed by atoms with Crippen molar-refractivity contribution in [3.63, 3.8) is 0 Å². The number of benzene rings is 1. The first-order valence-electron chi connectivity index (χ1n) is 10.5. The standard InChI is InChI=1S/C23H33NO4Si/c1-13(2)29(14(3)4,15(5)6)27-12-19-18-11-17(26-8)9-10-20(18)24-22-21(19)16(7)28-23(22)25/h9-11,13-16H,12H2,1-8H3. The highest BCUT2D eigenvalue weighted by Crippen LogP contribution is 2.44. The van der Waals surface area contributed by atoms with Crippen LogP contribution in [0.4, 0.5) is 0 Å². The first-order chi connectivity index (χ1) is 13.6. The number of carbonyl (C=O) groups is 1. The second kappa shape index (κ2) is 8.07. The molecule has 0 aliphatic carbocycles. The number of aromatic nitrogens is 1. The molecule has 0 saturated carbocycles. The van der Waals surface area contributed by atoms with Crippen LogP contribution < -0.4 is 4.74 Å². The lowest BCUT2D eigenvalue weighted by Crippen LogP contribution is -2.47. The van der Waals surface area contributed by atoms with E-state index < -0.39 is 8.32 Å². The smallest absolute Gasteiger partial charge is 0.357 e. The number of hydrogen-bond donors (Lipinski definition) is 0. The van der Waals surface area contributed by atoms with Crippen molar-refractivity contribution in [1.29, 1.82) is 0 Å². The summed E-state index contributed by atoms with van der Waals surface area (Å²) in [6.07, 6.45) is -0.326. The third kappa shape index (κ3) is 3.57. The lowest BCUT2D eigenvalue weighted by atomic mass is 9.98. The summed E-state index contributed by atoms with van der Waals surface area (Å²) in [5.74, 6) is 0.407. The van der Waals surface area contributed by atoms with Gasteiger partial charge in [-0.25, -0.2) is 9.78 Å². The Labute approximate surface area is 174 Å². The van der Waals surface area contributed by atoms with Gasteiger partial charge in [-0.15, -0.1) is 0 Å². The summed E-state index contributed by atoms with van der Waals surface area (Å²) < 4.78 is 17.8. The molecule has 0 radical (unpaired) electrons. The van der Waals surface area contributed by atoms with Crippen molar-refractivity contribution in [1.82, 2.24) is 4.98 Å². The van der Waals surface area contributed by atoms with Gasteiger partial charge in [0.25, 0.3) is 0 Å². The van der Waals surface area contributed by atoms with Gasteiger partial charge in [-0.1, -0.05) is 41.5 Å². The number of fused-ring (bicyclic) bond motifs is 2. The van der Waals surface area contributed by atoms with E-state index in [0.29, 0.717) is 28.9 Å². The van der Waals surface area contributed by atoms with Crippen molar-refractivity contribution < 1.29 is 18.7 Å². The number of esters is 1. The summed E-state index contributed by atoms with van der Waals surface area (Å²) in [5.41, 5.74) is 4.48. The molecule has 1 atom stereocenters. The first-order valence-corrected chi connectivity index (χ1v) is 12.6. The third-order valence-electron chi connectivity index (χ3n) is 6.40. The average molecular weight is 416 g/mol. The minimum atomic E-state index is -2.07. The van der Waals surface area contributed by atoms with E-state index in [9.17, 15) is 4.79 Å². The van der Waals surface area contributed by atoms with Gasteiger partial charge < -0.3 is 13.9 Å². The molecule has 0 amide bonds. The van der Waals surface area contributed by atoms with Gasteiger partial charge in [-0.3, -0.25) is 0 Å². The van der Waals surface area contributed by atoms with Crippen molar-refractivity contribution in [2.45, 2.75) is 77.8 Å². The molecule has 0 spiro atoms. The molecule has 0 saturated heterocycles. The van der Waals surface area contributed by atoms with Gasteiger partial charge in [0.05, 0.1) is 19.2 Å². The molecule has 158 valence electrons. The van der Waals surface area contributed by atoms with Crippen LogP contribution in [0, 0.1) is 0 Å². The first kappa shape index (κ1) is 21.8. The minimum absolute atomic E-state index is 0.326. The second-order valence-electron chi connectivity index (χ2n) is 8.89. The van der Waals surface area contributed by atoms with E-state index in [0.717, 1.165) is 27.8 Å². The number of carbonyl (C=O) groups excluding carboxylic acids is 1. The van der Waals surface area contributed by atoms with E-state index in [1.807, 2.05) is 25.1 Å². The Morgan fingerprint density at radius 1 is 1.10 bits per heavy atom. The molecule has 0 fully saturated rings. The predicted molar refractivity (Wildman–Crippen MR) is 118 cm³/mol. The zero-order valence-electron chi connectivity index (χ0n) is 18.8. The van der Waals surface area contributed by atoms with Crippen LogP contribution in [-0.2, 0) is 15.8 Å². The maximum absolute atomic E-state index is 12.4. The number of hydrogen-bond acceptors (Lipinski definition) is 5. The van der Waals surface area contributed by atoms with Gasteiger partial charge in [0.1, 0.15) is 11.9 Å². The van der Waals surface area contributed by atoms with E-state index in [4.69, 9.17) is 13.9 Å². The molecular weight excluding hydrogens is 382 g/mol. The molecule has 2 heterocycles. The Balaban J connectivity index is 2.17. The zero-order chi connectivity index (χ0) is 21.5. The zero-order valence-corrected chi connectivity index (χ0v) is 19.8. The van der Waals surface area contributed by atoms with Crippen molar-refractivity contribution in [3.05, 3.63) is 35.0 Å². The average Bonchev–Trinajstić information content (AvgIpc) is 2.93. The lowest BCUT2D eigenvalue weighted by molar-refractivity contribution is 0.0416. The van der Waals surface area contributed by atoms with Crippen LogP contribution in [0.2, 0.25) is 16.6 Å². The van der Waals surface area contributed by atoms with Crippen LogP contribution in [-0.4, -0.2) is 26.4 Å². The number of methoxy groups -OCH3 is 1. The largest absolute Gasteiger partial charge is 0.497 e. The molecule has 1 aromatic heterocycles. The SMILES string of the molecule is COc1ccc2nc3c(c(CO[Si](C(C)C)(C(C)C)C(C)C)c2c1)C(C)OC3=O. The van der Waals surface area contributed by atoms with Crippen LogP contribution in [0.25, 0.3) is 10.9 Å². The molecular formula is C23H33NO4Si.